The van der Waals surface area contributed by atoms with Crippen LogP contribution in [0.5, 0.6) is 0 Å². The maximum Gasteiger partial charge on any atom is 0.296 e. The van der Waals surface area contributed by atoms with Gasteiger partial charge in [0.05, 0.1) is 12.0 Å². The molecule has 0 heterocycles. The van der Waals surface area contributed by atoms with E-state index in [-0.39, 0.29) is 4.90 Å². The van der Waals surface area contributed by atoms with Crippen LogP contribution in [0.1, 0.15) is 5.56 Å². The molecule has 0 amide bonds. The highest BCUT2D eigenvalue weighted by molar-refractivity contribution is 7.86. The van der Waals surface area contributed by atoms with E-state index in [2.05, 4.69) is 4.18 Å². The maximum absolute atomic E-state index is 11.2. The number of hydrogen-bond donors (Lipinski definition) is 0. The van der Waals surface area contributed by atoms with Gasteiger partial charge in [-0.25, -0.2) is 0 Å². The van der Waals surface area contributed by atoms with Crippen molar-refractivity contribution in [2.75, 3.05) is 7.11 Å². The molecule has 0 spiro atoms. The summed E-state index contributed by atoms with van der Waals surface area (Å²) in [5.74, 6) is 0. The fourth-order valence-electron chi connectivity index (χ4n) is 0.927. The highest BCUT2D eigenvalue weighted by Crippen LogP contribution is 2.15. The van der Waals surface area contributed by atoms with Gasteiger partial charge in [0.25, 0.3) is 10.1 Å². The van der Waals surface area contributed by atoms with E-state index in [1.165, 1.54) is 6.07 Å². The molecule has 0 aliphatic heterocycles. The van der Waals surface area contributed by atoms with Gasteiger partial charge in [-0.2, -0.15) is 8.42 Å². The van der Waals surface area contributed by atoms with Gasteiger partial charge >= 0.3 is 0 Å². The van der Waals surface area contributed by atoms with Gasteiger partial charge in [0, 0.05) is 0 Å². The van der Waals surface area contributed by atoms with Crippen molar-refractivity contribution in [1.29, 1.82) is 0 Å². The van der Waals surface area contributed by atoms with Crippen LogP contribution in [0.25, 0.3) is 0 Å². The predicted octanol–water partition coefficient (Wildman–Crippen LogP) is 1.33. The van der Waals surface area contributed by atoms with E-state index >= 15 is 0 Å². The zero-order valence-corrected chi connectivity index (χ0v) is 7.76. The van der Waals surface area contributed by atoms with Gasteiger partial charge in [0.15, 0.2) is 0 Å². The molecule has 1 aromatic rings. The first kappa shape index (κ1) is 9.22. The molecule has 3 nitrogen and oxygen atoms in total. The summed E-state index contributed by atoms with van der Waals surface area (Å²) in [6.45, 7) is 1.73. The van der Waals surface area contributed by atoms with Gasteiger partial charge in [-0.3, -0.25) is 4.18 Å². The summed E-state index contributed by atoms with van der Waals surface area (Å²) >= 11 is 0. The molecule has 0 aliphatic carbocycles. The maximum atomic E-state index is 11.2. The van der Waals surface area contributed by atoms with Crippen molar-refractivity contribution < 1.29 is 12.6 Å². The molecule has 0 saturated carbocycles. The minimum absolute atomic E-state index is 0.229. The van der Waals surface area contributed by atoms with Crippen molar-refractivity contribution in [3.8, 4) is 0 Å². The van der Waals surface area contributed by atoms with E-state index in [4.69, 9.17) is 0 Å². The van der Waals surface area contributed by atoms with Crippen LogP contribution >= 0.6 is 0 Å². The minimum atomic E-state index is -3.53. The Morgan fingerprint density at radius 2 is 1.83 bits per heavy atom. The van der Waals surface area contributed by atoms with Crippen LogP contribution in [0.3, 0.4) is 0 Å². The van der Waals surface area contributed by atoms with E-state index in [1.54, 1.807) is 25.1 Å². The molecule has 66 valence electrons. The first-order valence-corrected chi connectivity index (χ1v) is 4.85. The number of hydrogen-bond acceptors (Lipinski definition) is 3. The second-order valence-corrected chi connectivity index (χ2v) is 4.07. The lowest BCUT2D eigenvalue weighted by Gasteiger charge is -2.03. The molecule has 0 radical (unpaired) electrons. The Balaban J connectivity index is 3.30. The highest BCUT2D eigenvalue weighted by atomic mass is 32.2. The van der Waals surface area contributed by atoms with Gasteiger partial charge in [0.1, 0.15) is 0 Å². The standard InChI is InChI=1S/C8H10O3S/c1-7-5-3-4-6-8(7)12(9,10)11-2/h3-6H,1-2H3. The first-order valence-electron chi connectivity index (χ1n) is 3.44. The molecule has 0 atom stereocenters. The lowest BCUT2D eigenvalue weighted by Crippen LogP contribution is -2.04. The highest BCUT2D eigenvalue weighted by Gasteiger charge is 2.14. The van der Waals surface area contributed by atoms with Crippen molar-refractivity contribution in [2.45, 2.75) is 11.8 Å². The molecule has 0 N–H and O–H groups in total. The van der Waals surface area contributed by atoms with Crippen molar-refractivity contribution >= 4 is 10.1 Å². The van der Waals surface area contributed by atoms with Crippen LogP contribution in [0.15, 0.2) is 29.2 Å². The Labute approximate surface area is 72.1 Å². The Hall–Kier alpha value is -0.870. The lowest BCUT2D eigenvalue weighted by molar-refractivity contribution is 0.397. The van der Waals surface area contributed by atoms with Gasteiger partial charge in [-0.15, -0.1) is 0 Å². The van der Waals surface area contributed by atoms with E-state index in [0.29, 0.717) is 5.56 Å². The largest absolute Gasteiger partial charge is 0.296 e. The zero-order chi connectivity index (χ0) is 9.19. The second-order valence-electron chi connectivity index (χ2n) is 2.39. The minimum Gasteiger partial charge on any atom is -0.270 e. The summed E-state index contributed by atoms with van der Waals surface area (Å²) in [4.78, 5) is 0.229. The average Bonchev–Trinajstić information content (AvgIpc) is 2.05. The Bertz CT molecular complexity index is 368. The second kappa shape index (κ2) is 3.25. The first-order chi connectivity index (χ1) is 5.58. The molecular formula is C8H10O3S. The molecule has 0 unspecified atom stereocenters. The van der Waals surface area contributed by atoms with Crippen LogP contribution in [0.2, 0.25) is 0 Å². The molecular weight excluding hydrogens is 176 g/mol. The topological polar surface area (TPSA) is 43.4 Å². The fraction of sp³-hybridized carbons (Fsp3) is 0.250. The monoisotopic (exact) mass is 186 g/mol. The van der Waals surface area contributed by atoms with Crippen LogP contribution in [-0.4, -0.2) is 15.5 Å². The van der Waals surface area contributed by atoms with Crippen LogP contribution in [0, 0.1) is 6.92 Å². The molecule has 4 heteroatoms. The van der Waals surface area contributed by atoms with Gasteiger partial charge < -0.3 is 0 Å². The third-order valence-corrected chi connectivity index (χ3v) is 3.02. The predicted molar refractivity (Wildman–Crippen MR) is 45.4 cm³/mol. The lowest BCUT2D eigenvalue weighted by atomic mass is 10.2. The van der Waals surface area contributed by atoms with Crippen LogP contribution < -0.4 is 0 Å². The van der Waals surface area contributed by atoms with Crippen molar-refractivity contribution in [3.63, 3.8) is 0 Å². The number of benzene rings is 1. The fourth-order valence-corrected chi connectivity index (χ4v) is 1.81. The molecule has 0 aliphatic rings. The molecule has 0 aromatic heterocycles. The van der Waals surface area contributed by atoms with Crippen LogP contribution in [-0.2, 0) is 14.3 Å². The van der Waals surface area contributed by atoms with Gasteiger partial charge in [-0.05, 0) is 18.6 Å². The molecule has 12 heavy (non-hydrogen) atoms. The number of aryl methyl sites for hydroxylation is 1. The summed E-state index contributed by atoms with van der Waals surface area (Å²) in [5, 5.41) is 0. The Morgan fingerprint density at radius 3 is 2.33 bits per heavy atom. The van der Waals surface area contributed by atoms with Gasteiger partial charge in [0.2, 0.25) is 0 Å². The summed E-state index contributed by atoms with van der Waals surface area (Å²) < 4.78 is 26.8. The van der Waals surface area contributed by atoms with Crippen LogP contribution in [0.4, 0.5) is 0 Å². The Morgan fingerprint density at radius 1 is 1.25 bits per heavy atom. The van der Waals surface area contributed by atoms with E-state index in [1.807, 2.05) is 0 Å². The summed E-state index contributed by atoms with van der Waals surface area (Å²) in [6.07, 6.45) is 0. The Kier molecular flexibility index (Phi) is 2.49. The summed E-state index contributed by atoms with van der Waals surface area (Å²) in [6, 6.07) is 6.70. The summed E-state index contributed by atoms with van der Waals surface area (Å²) in [5.41, 5.74) is 0.694. The van der Waals surface area contributed by atoms with E-state index < -0.39 is 10.1 Å². The van der Waals surface area contributed by atoms with E-state index in [0.717, 1.165) is 7.11 Å². The molecule has 0 fully saturated rings. The third kappa shape index (κ3) is 1.65. The SMILES string of the molecule is COS(=O)(=O)c1ccccc1C. The smallest absolute Gasteiger partial charge is 0.270 e. The molecule has 1 aromatic carbocycles. The van der Waals surface area contributed by atoms with E-state index in [9.17, 15) is 8.42 Å². The average molecular weight is 186 g/mol. The molecule has 0 saturated heterocycles. The third-order valence-electron chi connectivity index (χ3n) is 1.58. The number of rotatable bonds is 2. The summed E-state index contributed by atoms with van der Waals surface area (Å²) in [7, 11) is -2.37. The molecule has 1 rings (SSSR count). The normalized spacial score (nSPS) is 11.5. The molecule has 0 bridgehead atoms. The van der Waals surface area contributed by atoms with Crippen molar-refractivity contribution in [1.82, 2.24) is 0 Å². The van der Waals surface area contributed by atoms with Crippen molar-refractivity contribution in [3.05, 3.63) is 29.8 Å². The zero-order valence-electron chi connectivity index (χ0n) is 6.94. The van der Waals surface area contributed by atoms with Gasteiger partial charge in [-0.1, -0.05) is 18.2 Å². The quantitative estimate of drug-likeness (QED) is 0.654. The van der Waals surface area contributed by atoms with Crippen molar-refractivity contribution in [2.24, 2.45) is 0 Å².